The molecule has 2 unspecified atom stereocenters. The van der Waals surface area contributed by atoms with Crippen LogP contribution in [0.1, 0.15) is 103 Å². The van der Waals surface area contributed by atoms with Gasteiger partial charge in [0.25, 0.3) is 0 Å². The number of rotatable bonds is 16. The van der Waals surface area contributed by atoms with E-state index in [2.05, 4.69) is 6.92 Å². The van der Waals surface area contributed by atoms with Crippen molar-refractivity contribution in [2.24, 2.45) is 11.8 Å². The van der Waals surface area contributed by atoms with Gasteiger partial charge in [0.15, 0.2) is 0 Å². The van der Waals surface area contributed by atoms with Gasteiger partial charge in [-0.15, -0.1) is 0 Å². The quantitative estimate of drug-likeness (QED) is 0.194. The minimum atomic E-state index is -0.901. The van der Waals surface area contributed by atoms with Crippen molar-refractivity contribution in [2.45, 2.75) is 103 Å². The number of carboxylic acid groups (broad SMARTS) is 1. The van der Waals surface area contributed by atoms with E-state index in [1.54, 1.807) is 0 Å². The summed E-state index contributed by atoms with van der Waals surface area (Å²) in [5, 5.41) is 9.21. The fourth-order valence-electron chi connectivity index (χ4n) is 3.75. The van der Waals surface area contributed by atoms with Crippen molar-refractivity contribution < 1.29 is 19.4 Å². The number of hydrogen-bond acceptors (Lipinski definition) is 3. The minimum Gasteiger partial charge on any atom is -0.481 e. The summed E-state index contributed by atoms with van der Waals surface area (Å²) >= 11 is 0. The number of ether oxygens (including phenoxy) is 1. The maximum absolute atomic E-state index is 12.1. The summed E-state index contributed by atoms with van der Waals surface area (Å²) in [5.74, 6) is -2.39. The van der Waals surface area contributed by atoms with Crippen LogP contribution in [0.4, 0.5) is 0 Å². The first kappa shape index (κ1) is 23.7. The second kappa shape index (κ2) is 15.7. The largest absolute Gasteiger partial charge is 0.481 e. The minimum absolute atomic E-state index is 0.342. The molecule has 1 N–H and O–H groups in total. The predicted octanol–water partition coefficient (Wildman–Crippen LogP) is 6.29. The molecular formula is C23H40O4. The Kier molecular flexibility index (Phi) is 13.8. The van der Waals surface area contributed by atoms with Crippen LogP contribution in [-0.2, 0) is 14.3 Å². The number of aliphatic carboxylic acids is 1. The van der Waals surface area contributed by atoms with E-state index in [1.807, 2.05) is 12.2 Å². The third-order valence-electron chi connectivity index (χ3n) is 5.54. The van der Waals surface area contributed by atoms with Crippen LogP contribution in [-0.4, -0.2) is 23.7 Å². The molecule has 0 radical (unpaired) electrons. The fourth-order valence-corrected chi connectivity index (χ4v) is 3.75. The second-order valence-electron chi connectivity index (χ2n) is 7.90. The Morgan fingerprint density at radius 3 is 1.70 bits per heavy atom. The molecule has 156 valence electrons. The first-order valence-electron chi connectivity index (χ1n) is 11.2. The smallest absolute Gasteiger partial charge is 0.310 e. The van der Waals surface area contributed by atoms with E-state index in [1.165, 1.54) is 70.6 Å². The number of carbonyl (C=O) groups is 2. The molecule has 0 heterocycles. The van der Waals surface area contributed by atoms with E-state index >= 15 is 0 Å². The lowest BCUT2D eigenvalue weighted by Crippen LogP contribution is -2.32. The molecule has 0 aromatic carbocycles. The zero-order valence-corrected chi connectivity index (χ0v) is 17.3. The highest BCUT2D eigenvalue weighted by Crippen LogP contribution is 2.27. The fraction of sp³-hybridized carbons (Fsp3) is 0.826. The summed E-state index contributed by atoms with van der Waals surface area (Å²) in [6, 6.07) is 0. The Morgan fingerprint density at radius 1 is 0.778 bits per heavy atom. The molecule has 1 aliphatic rings. The van der Waals surface area contributed by atoms with Crippen LogP contribution in [0, 0.1) is 11.8 Å². The summed E-state index contributed by atoms with van der Waals surface area (Å²) in [6.45, 7) is 2.68. The Morgan fingerprint density at radius 2 is 1.22 bits per heavy atom. The summed E-state index contributed by atoms with van der Waals surface area (Å²) < 4.78 is 5.33. The van der Waals surface area contributed by atoms with Crippen LogP contribution in [0.2, 0.25) is 0 Å². The molecule has 0 aromatic rings. The zero-order chi connectivity index (χ0) is 19.7. The van der Waals surface area contributed by atoms with E-state index in [-0.39, 0.29) is 5.97 Å². The first-order valence-corrected chi connectivity index (χ1v) is 11.2. The van der Waals surface area contributed by atoms with Crippen molar-refractivity contribution in [3.05, 3.63) is 12.2 Å². The summed E-state index contributed by atoms with van der Waals surface area (Å²) in [6.07, 6.45) is 21.3. The van der Waals surface area contributed by atoms with Crippen LogP contribution >= 0.6 is 0 Å². The molecule has 4 nitrogen and oxygen atoms in total. The monoisotopic (exact) mass is 380 g/mol. The summed E-state index contributed by atoms with van der Waals surface area (Å²) in [4.78, 5) is 23.3. The van der Waals surface area contributed by atoms with Crippen LogP contribution < -0.4 is 0 Å². The van der Waals surface area contributed by atoms with Gasteiger partial charge in [0.05, 0.1) is 18.4 Å². The molecular weight excluding hydrogens is 340 g/mol. The van der Waals surface area contributed by atoms with Gasteiger partial charge in [0.2, 0.25) is 0 Å². The molecule has 1 rings (SSSR count). The molecule has 4 heteroatoms. The van der Waals surface area contributed by atoms with Gasteiger partial charge in [0.1, 0.15) is 0 Å². The lowest BCUT2D eigenvalue weighted by Gasteiger charge is -2.23. The Hall–Kier alpha value is -1.32. The van der Waals surface area contributed by atoms with Gasteiger partial charge in [0, 0.05) is 0 Å². The van der Waals surface area contributed by atoms with E-state index in [0.29, 0.717) is 19.4 Å². The van der Waals surface area contributed by atoms with Crippen molar-refractivity contribution in [1.29, 1.82) is 0 Å². The number of carboxylic acids is 1. The van der Waals surface area contributed by atoms with Gasteiger partial charge in [-0.05, 0) is 19.3 Å². The van der Waals surface area contributed by atoms with Gasteiger partial charge < -0.3 is 9.84 Å². The molecule has 0 bridgehead atoms. The second-order valence-corrected chi connectivity index (χ2v) is 7.90. The van der Waals surface area contributed by atoms with Gasteiger partial charge in [-0.25, -0.2) is 0 Å². The lowest BCUT2D eigenvalue weighted by molar-refractivity contribution is -0.158. The van der Waals surface area contributed by atoms with Crippen molar-refractivity contribution in [3.8, 4) is 0 Å². The third kappa shape index (κ3) is 11.2. The van der Waals surface area contributed by atoms with Gasteiger partial charge in [-0.3, -0.25) is 9.59 Å². The van der Waals surface area contributed by atoms with Crippen molar-refractivity contribution in [1.82, 2.24) is 0 Å². The zero-order valence-electron chi connectivity index (χ0n) is 17.3. The van der Waals surface area contributed by atoms with Crippen LogP contribution in [0.25, 0.3) is 0 Å². The van der Waals surface area contributed by atoms with Crippen LogP contribution in [0.5, 0.6) is 0 Å². The molecule has 0 amide bonds. The molecule has 0 aliphatic heterocycles. The molecule has 0 spiro atoms. The SMILES string of the molecule is CCCCCCCCCCCCCCCOC(=O)C1CC=CCC1C(=O)O. The van der Waals surface area contributed by atoms with Gasteiger partial charge >= 0.3 is 11.9 Å². The normalized spacial score (nSPS) is 19.1. The van der Waals surface area contributed by atoms with Crippen molar-refractivity contribution in [3.63, 3.8) is 0 Å². The van der Waals surface area contributed by atoms with Crippen molar-refractivity contribution >= 4 is 11.9 Å². The Labute approximate surface area is 165 Å². The van der Waals surface area contributed by atoms with E-state index < -0.39 is 17.8 Å². The average Bonchev–Trinajstić information content (AvgIpc) is 2.68. The third-order valence-corrected chi connectivity index (χ3v) is 5.54. The molecule has 0 saturated carbocycles. The van der Waals surface area contributed by atoms with Gasteiger partial charge in [-0.2, -0.15) is 0 Å². The standard InChI is InChI=1S/C23H40O4/c1-2-3-4-5-6-7-8-9-10-11-12-13-16-19-27-23(26)21-18-15-14-17-20(21)22(24)25/h14-15,20-21H,2-13,16-19H2,1H3,(H,24,25). The van der Waals surface area contributed by atoms with Crippen LogP contribution in [0.3, 0.4) is 0 Å². The average molecular weight is 381 g/mol. The molecule has 27 heavy (non-hydrogen) atoms. The Bertz CT molecular complexity index is 430. The molecule has 1 aliphatic carbocycles. The Balaban J connectivity index is 1.92. The number of allylic oxidation sites excluding steroid dienone is 2. The highest BCUT2D eigenvalue weighted by Gasteiger charge is 2.34. The maximum atomic E-state index is 12.1. The number of esters is 1. The van der Waals surface area contributed by atoms with Crippen LogP contribution in [0.15, 0.2) is 12.2 Å². The molecule has 2 atom stereocenters. The van der Waals surface area contributed by atoms with Gasteiger partial charge in [-0.1, -0.05) is 96.1 Å². The summed E-state index contributed by atoms with van der Waals surface area (Å²) in [5.41, 5.74) is 0. The number of carbonyl (C=O) groups excluding carboxylic acids is 1. The van der Waals surface area contributed by atoms with E-state index in [9.17, 15) is 14.7 Å². The predicted molar refractivity (Wildman–Crippen MR) is 110 cm³/mol. The lowest BCUT2D eigenvalue weighted by atomic mass is 9.83. The number of unbranched alkanes of at least 4 members (excludes halogenated alkanes) is 12. The topological polar surface area (TPSA) is 63.6 Å². The van der Waals surface area contributed by atoms with Crippen molar-refractivity contribution in [2.75, 3.05) is 6.61 Å². The highest BCUT2D eigenvalue weighted by molar-refractivity contribution is 5.81. The highest BCUT2D eigenvalue weighted by atomic mass is 16.5. The molecule has 0 fully saturated rings. The number of hydrogen-bond donors (Lipinski definition) is 1. The summed E-state index contributed by atoms with van der Waals surface area (Å²) in [7, 11) is 0. The first-order chi connectivity index (χ1) is 13.2. The maximum Gasteiger partial charge on any atom is 0.310 e. The van der Waals surface area contributed by atoms with E-state index in [4.69, 9.17) is 4.74 Å². The van der Waals surface area contributed by atoms with E-state index in [0.717, 1.165) is 12.8 Å². The molecule has 0 saturated heterocycles. The molecule has 0 aromatic heterocycles.